The second-order valence-electron chi connectivity index (χ2n) is 40.0. The number of nitrogens with two attached hydrogens (primary N) is 1. The van der Waals surface area contributed by atoms with Crippen LogP contribution >= 0.6 is 24.0 Å². The fourth-order valence-corrected chi connectivity index (χ4v) is 19.3. The highest BCUT2D eigenvalue weighted by Gasteiger charge is 2.50. The lowest BCUT2D eigenvalue weighted by atomic mass is 9.98. The minimum atomic E-state index is -0.646. The normalized spacial score (nSPS) is 22.0. The molecule has 1 aliphatic carbocycles. The molecule has 0 radical (unpaired) electrons. The Morgan fingerprint density at radius 2 is 0.763 bits per heavy atom. The van der Waals surface area contributed by atoms with Crippen LogP contribution in [0.2, 0.25) is 5.28 Å². The highest BCUT2D eigenvalue weighted by atomic mass is 35.5. The van der Waals surface area contributed by atoms with Crippen LogP contribution in [0, 0.1) is 36.3 Å². The van der Waals surface area contributed by atoms with Crippen molar-refractivity contribution in [2.75, 3.05) is 37.7 Å². The smallest absolute Gasteiger partial charge is 0.410 e. The van der Waals surface area contributed by atoms with Crippen LogP contribution in [-0.2, 0) is 33.2 Å². The van der Waals surface area contributed by atoms with E-state index < -0.39 is 27.7 Å². The van der Waals surface area contributed by atoms with Crippen molar-refractivity contribution in [2.45, 2.75) is 295 Å². The minimum Gasteiger partial charge on any atom is -0.481 e. The third-order valence-electron chi connectivity index (χ3n) is 26.2. The molecule has 1 saturated carbocycles. The summed E-state index contributed by atoms with van der Waals surface area (Å²) in [4.78, 5) is 125. The van der Waals surface area contributed by atoms with Crippen LogP contribution < -0.4 is 21.7 Å². The summed E-state index contributed by atoms with van der Waals surface area (Å²) in [5.41, 5.74) is 15.6. The highest BCUT2D eigenvalue weighted by Crippen LogP contribution is 2.47. The molecule has 744 valence electrons. The SMILES string of the molecule is CC(C)(C)OC(=O)N1C2CCC1CC(n1cc(N)cn1)C2.CC(C)(C)OC(=O)N1C2CCC1CC(n1cc([N+](=O)[O-])cn1)C2.CC1(C(=O)O)CC1.COC(=O)c1ccc(-c2nc(Cl)ncc2C)cc1.COC(=O)c1ccc(-c2nc(Nc3cnn(C4CC5CCC(C4)N5)c3)ncc2C)cc1.COC(=O)c1ccc(-c2nc(Nc3cnn(C4CC5CCC(C4)N5C(=O)OC(C)(C)C)c3)ncc2C)cc1.Cl.[HH]. The number of aryl methyl sites for hydroxylation is 3. The molecule has 15 heterocycles. The number of carbonyl (C=O) groups is 7. The van der Waals surface area contributed by atoms with Crippen molar-refractivity contribution in [3.05, 3.63) is 190 Å². The van der Waals surface area contributed by atoms with Crippen LogP contribution in [0.5, 0.6) is 0 Å². The van der Waals surface area contributed by atoms with Gasteiger partial charge in [0.05, 0.1) is 125 Å². The van der Waals surface area contributed by atoms with Gasteiger partial charge >= 0.3 is 47.8 Å². The number of nitrogen functional groups attached to an aromatic ring is 1. The molecule has 19 rings (SSSR count). The molecular weight excluding hydrogens is 1820 g/mol. The zero-order chi connectivity index (χ0) is 99.0. The summed E-state index contributed by atoms with van der Waals surface area (Å²) in [5.74, 6) is -0.762. The molecule has 3 amide bonds. The van der Waals surface area contributed by atoms with E-state index in [2.05, 4.69) is 65.7 Å². The second kappa shape index (κ2) is 43.9. The number of hydrogen-bond acceptors (Lipinski definition) is 29. The maximum atomic E-state index is 12.8. The first-order valence-electron chi connectivity index (χ1n) is 46.9. The van der Waals surface area contributed by atoms with E-state index in [0.29, 0.717) is 58.4 Å². The fraction of sp³-hybridized carbons (Fsp3) is 0.505. The number of hydrogen-bond donors (Lipinski definition) is 5. The Kier molecular flexibility index (Phi) is 32.5. The van der Waals surface area contributed by atoms with Crippen LogP contribution in [0.25, 0.3) is 33.8 Å². The van der Waals surface area contributed by atoms with Gasteiger partial charge in [0.2, 0.25) is 17.2 Å². The van der Waals surface area contributed by atoms with Gasteiger partial charge in [-0.3, -0.25) is 33.6 Å². The van der Waals surface area contributed by atoms with Crippen LogP contribution in [0.1, 0.15) is 258 Å². The molecule has 8 bridgehead atoms. The van der Waals surface area contributed by atoms with Gasteiger partial charge in [0.1, 0.15) is 29.2 Å². The predicted octanol–water partition coefficient (Wildman–Crippen LogP) is 18.8. The van der Waals surface area contributed by atoms with Gasteiger partial charge in [-0.2, -0.15) is 20.4 Å². The van der Waals surface area contributed by atoms with Gasteiger partial charge in [-0.15, -0.1) is 12.4 Å². The van der Waals surface area contributed by atoms with E-state index in [-0.39, 0.29) is 115 Å². The topological polar surface area (TPSA) is 459 Å². The first kappa shape index (κ1) is 103. The molecule has 9 aliphatic rings. The van der Waals surface area contributed by atoms with E-state index >= 15 is 0 Å². The van der Waals surface area contributed by atoms with Gasteiger partial charge in [-0.05, 0) is 270 Å². The van der Waals surface area contributed by atoms with Gasteiger partial charge in [0, 0.05) is 104 Å². The molecule has 3 aromatic carbocycles. The molecule has 10 aromatic rings. The van der Waals surface area contributed by atoms with Gasteiger partial charge < -0.3 is 69.9 Å². The number of aliphatic carboxylic acids is 1. The van der Waals surface area contributed by atoms with E-state index in [1.165, 1.54) is 46.6 Å². The number of nitrogens with one attached hydrogen (secondary N) is 3. The lowest BCUT2D eigenvalue weighted by Crippen LogP contribution is -2.48. The van der Waals surface area contributed by atoms with E-state index in [4.69, 9.17) is 56.1 Å². The summed E-state index contributed by atoms with van der Waals surface area (Å²) in [5, 5.41) is 47.2. The Balaban J connectivity index is 0.000000157. The number of aromatic nitrogens is 14. The van der Waals surface area contributed by atoms with Crippen molar-refractivity contribution < 1.29 is 73.4 Å². The number of carbonyl (C=O) groups excluding carboxylic acids is 6. The lowest BCUT2D eigenvalue weighted by Gasteiger charge is -2.39. The highest BCUT2D eigenvalue weighted by molar-refractivity contribution is 6.28. The summed E-state index contributed by atoms with van der Waals surface area (Å²) >= 11 is 5.77. The maximum Gasteiger partial charge on any atom is 0.410 e. The summed E-state index contributed by atoms with van der Waals surface area (Å²) in [7, 11) is 4.09. The second-order valence-corrected chi connectivity index (χ2v) is 40.3. The number of methoxy groups -OCH3 is 3. The van der Waals surface area contributed by atoms with E-state index in [0.717, 1.165) is 165 Å². The number of fused-ring (bicyclic) bond motifs is 8. The van der Waals surface area contributed by atoms with Crippen LogP contribution in [-0.4, -0.2) is 222 Å². The summed E-state index contributed by atoms with van der Waals surface area (Å²) in [6.07, 6.45) is 36.1. The number of ether oxygens (including phenoxy) is 6. The predicted molar refractivity (Wildman–Crippen MR) is 524 cm³/mol. The molecule has 8 atom stereocenters. The van der Waals surface area contributed by atoms with Gasteiger partial charge in [0.25, 0.3) is 0 Å². The van der Waals surface area contributed by atoms with Crippen molar-refractivity contribution in [3.63, 3.8) is 0 Å². The number of benzene rings is 3. The summed E-state index contributed by atoms with van der Waals surface area (Å²) < 4.78 is 38.6. The quantitative estimate of drug-likeness (QED) is 0.0197. The largest absolute Gasteiger partial charge is 0.481 e. The number of rotatable bonds is 16. The Morgan fingerprint density at radius 3 is 1.06 bits per heavy atom. The van der Waals surface area contributed by atoms with Crippen LogP contribution in [0.3, 0.4) is 0 Å². The molecule has 8 aliphatic heterocycles. The van der Waals surface area contributed by atoms with E-state index in [9.17, 15) is 43.7 Å². The Morgan fingerprint density at radius 1 is 0.453 bits per heavy atom. The van der Waals surface area contributed by atoms with Crippen molar-refractivity contribution in [1.82, 2.24) is 89.0 Å². The van der Waals surface area contributed by atoms with E-state index in [1.807, 2.05) is 156 Å². The van der Waals surface area contributed by atoms with Crippen molar-refractivity contribution in [2.24, 2.45) is 5.41 Å². The molecule has 38 nitrogen and oxygen atoms in total. The molecule has 7 aromatic heterocycles. The summed E-state index contributed by atoms with van der Waals surface area (Å²) in [6.45, 7) is 24.6. The number of halogens is 2. The number of carboxylic acid groups (broad SMARTS) is 1. The average Bonchev–Trinajstić information content (AvgIpc) is 1.63. The first-order chi connectivity index (χ1) is 65.5. The van der Waals surface area contributed by atoms with Crippen molar-refractivity contribution >= 4 is 101 Å². The van der Waals surface area contributed by atoms with Crippen molar-refractivity contribution in [1.29, 1.82) is 0 Å². The summed E-state index contributed by atoms with van der Waals surface area (Å²) in [6, 6.07) is 24.8. The molecule has 8 unspecified atom stereocenters. The number of nitrogens with zero attached hydrogens (tertiary/aromatic N) is 18. The number of esters is 3. The van der Waals surface area contributed by atoms with Crippen LogP contribution in [0.15, 0.2) is 141 Å². The number of nitro groups is 1. The molecular formula is C99H128Cl2N22O16. The Hall–Kier alpha value is -13.2. The number of amides is 3. The molecule has 40 heteroatoms. The van der Waals surface area contributed by atoms with Crippen LogP contribution in [0.4, 0.5) is 49.0 Å². The Bertz CT molecular complexity index is 5960. The number of anilines is 5. The molecule has 8 saturated heterocycles. The van der Waals surface area contributed by atoms with Gasteiger partial charge in [-0.1, -0.05) is 36.4 Å². The number of carboxylic acids is 1. The molecule has 0 spiro atoms. The zero-order valence-corrected chi connectivity index (χ0v) is 83.0. The third kappa shape index (κ3) is 26.2. The Labute approximate surface area is 820 Å². The van der Waals surface area contributed by atoms with Crippen molar-refractivity contribution in [3.8, 4) is 33.8 Å². The number of piperidine rings is 4. The molecule has 6 N–H and O–H groups in total. The maximum absolute atomic E-state index is 12.8. The fourth-order valence-electron chi connectivity index (χ4n) is 19.2. The van der Waals surface area contributed by atoms with Gasteiger partial charge in [0.15, 0.2) is 0 Å². The molecule has 139 heavy (non-hydrogen) atoms. The zero-order valence-electron chi connectivity index (χ0n) is 81.4. The standard InChI is InChI=1S/C28H34N6O4.C23H26N6O2.C15H22N4O4.C15H24N4O2.C13H11ClN2O2.C5H8O2.ClH.H2/c1-17-14-29-26(32-24(17)18-6-8-19(9-7-18)25(35)37-5)31-20-15-30-33(16-20)23-12-21-10-11-22(13-23)34(21)27(36)38-28(2,3)4;1-14-11-24-23(28-21(14)15-3-5-16(6-4-15)22(30)31-2)27-19-12-25-29(13-19)20-9-17-7-8-18(10-20)26-17;1-15(2,3)23-14(20)18-10-4-5-11(18)7-12(6-10)17-9-13(8-16-17)19(21)22;1-15(2,3)21-14(20)19-11-4-5-12(19)7-13(6-11)18-9-10(16)8-17-18;1-8-7-15-13(14)16-11(8)9-3-5-10(6-4-9)12(17)18-2;1-5(2-3-5)4(6)7;;/h6-9,14-16,21-23H,10-13H2,1-5H3,(H,29,31,32);3-6,11-13,17-18,20,26H,7-10H2,1-2H3,(H,24,27,28);8-12H,4-7H2,1-3H3;8-9,11-13H,4-7,16H2,1-3H3;3-7H,1-2H3;2-3H2,1H3,(H,6,7);2*1H. The molecule has 9 fully saturated rings. The van der Waals surface area contributed by atoms with Gasteiger partial charge in [-0.25, -0.2) is 58.7 Å². The third-order valence-corrected chi connectivity index (χ3v) is 26.3. The van der Waals surface area contributed by atoms with E-state index in [1.54, 1.807) is 91.1 Å². The lowest BCUT2D eigenvalue weighted by molar-refractivity contribution is -0.385. The minimum absolute atomic E-state index is 0. The average molecular weight is 1950 g/mol. The monoisotopic (exact) mass is 1950 g/mol. The first-order valence-corrected chi connectivity index (χ1v) is 47.3.